The summed E-state index contributed by atoms with van der Waals surface area (Å²) in [4.78, 5) is 23.6. The number of carbonyl (C=O) groups excluding carboxylic acids is 1. The van der Waals surface area contributed by atoms with Gasteiger partial charge >= 0.3 is 0 Å². The van der Waals surface area contributed by atoms with Crippen LogP contribution in [0.25, 0.3) is 0 Å². The van der Waals surface area contributed by atoms with Crippen LogP contribution in [0.1, 0.15) is 12.0 Å². The molecule has 6 N–H and O–H groups in total. The minimum absolute atomic E-state index is 0.0808. The number of nitrogens with one attached hydrogen (secondary N) is 2. The highest BCUT2D eigenvalue weighted by Gasteiger charge is 2.17. The van der Waals surface area contributed by atoms with Crippen molar-refractivity contribution in [1.29, 1.82) is 0 Å². The molecule has 0 aromatic heterocycles. The molecule has 1 fully saturated rings. The van der Waals surface area contributed by atoms with Crippen LogP contribution < -0.4 is 26.8 Å². The summed E-state index contributed by atoms with van der Waals surface area (Å²) in [5.41, 5.74) is 12.6. The first kappa shape index (κ1) is 21.8. The number of amides is 1. The summed E-state index contributed by atoms with van der Waals surface area (Å²) in [7, 11) is 0. The van der Waals surface area contributed by atoms with Gasteiger partial charge in [0.15, 0.2) is 0 Å². The Bertz CT molecular complexity index is 811. The maximum absolute atomic E-state index is 12.0. The van der Waals surface area contributed by atoms with E-state index in [0.717, 1.165) is 24.4 Å². The van der Waals surface area contributed by atoms with Crippen molar-refractivity contribution in [2.24, 2.45) is 32.4 Å². The predicted octanol–water partition coefficient (Wildman–Crippen LogP) is 0.691. The molecule has 29 heavy (non-hydrogen) atoms. The molecule has 9 nitrogen and oxygen atoms in total. The van der Waals surface area contributed by atoms with Crippen molar-refractivity contribution >= 4 is 24.7 Å². The Hall–Kier alpha value is -3.46. The standard InChI is InChI=1S/C20H27N7O2/c1-23-5-6-26-19(22)8-20(28)27-17(9-21)13-25-10-15-3-2-4-18(7-15)29-14-16-11-24-12-16/h2-7,9,13,16,24H,1,8,10-12,14,21H2,(H2,22,26)(H,27,28)/b6-5-,17-9?,25-13?. The molecule has 0 atom stereocenters. The van der Waals surface area contributed by atoms with Gasteiger partial charge < -0.3 is 26.8 Å². The van der Waals surface area contributed by atoms with Crippen molar-refractivity contribution in [3.63, 3.8) is 0 Å². The summed E-state index contributed by atoms with van der Waals surface area (Å²) < 4.78 is 5.81. The van der Waals surface area contributed by atoms with Crippen LogP contribution in [-0.4, -0.2) is 44.4 Å². The van der Waals surface area contributed by atoms with Crippen LogP contribution in [0.2, 0.25) is 0 Å². The minimum atomic E-state index is -0.352. The summed E-state index contributed by atoms with van der Waals surface area (Å²) >= 11 is 0. The van der Waals surface area contributed by atoms with E-state index in [-0.39, 0.29) is 18.2 Å². The van der Waals surface area contributed by atoms with Crippen molar-refractivity contribution in [3.05, 3.63) is 54.1 Å². The number of rotatable bonds is 11. The molecule has 1 amide bonds. The number of hydrogen-bond donors (Lipinski definition) is 4. The molecular formula is C20H27N7O2. The Morgan fingerprint density at radius 3 is 2.90 bits per heavy atom. The second kappa shape index (κ2) is 12.1. The highest BCUT2D eigenvalue weighted by Crippen LogP contribution is 2.16. The quantitative estimate of drug-likeness (QED) is 0.321. The van der Waals surface area contributed by atoms with Gasteiger partial charge in [-0.2, -0.15) is 0 Å². The lowest BCUT2D eigenvalue weighted by Crippen LogP contribution is -2.45. The number of aliphatic imine (C=N–C) groups is 3. The van der Waals surface area contributed by atoms with Gasteiger partial charge in [-0.05, 0) is 24.4 Å². The van der Waals surface area contributed by atoms with Gasteiger partial charge in [-0.25, -0.2) is 4.99 Å². The number of amidine groups is 1. The number of nitrogens with zero attached hydrogens (tertiary/aromatic N) is 3. The lowest BCUT2D eigenvalue weighted by atomic mass is 10.1. The largest absolute Gasteiger partial charge is 0.493 e. The van der Waals surface area contributed by atoms with E-state index >= 15 is 0 Å². The third kappa shape index (κ3) is 8.39. The lowest BCUT2D eigenvalue weighted by Gasteiger charge is -2.26. The fourth-order valence-electron chi connectivity index (χ4n) is 2.37. The lowest BCUT2D eigenvalue weighted by molar-refractivity contribution is -0.119. The highest BCUT2D eigenvalue weighted by atomic mass is 16.5. The van der Waals surface area contributed by atoms with Crippen molar-refractivity contribution in [3.8, 4) is 5.75 Å². The Kier molecular flexibility index (Phi) is 9.10. The highest BCUT2D eigenvalue weighted by molar-refractivity contribution is 6.01. The van der Waals surface area contributed by atoms with Crippen LogP contribution >= 0.6 is 0 Å². The van der Waals surface area contributed by atoms with Crippen LogP contribution in [0.3, 0.4) is 0 Å². The molecule has 0 bridgehead atoms. The Morgan fingerprint density at radius 1 is 1.38 bits per heavy atom. The zero-order chi connectivity index (χ0) is 20.9. The third-order valence-electron chi connectivity index (χ3n) is 3.97. The van der Waals surface area contributed by atoms with E-state index in [9.17, 15) is 4.79 Å². The predicted molar refractivity (Wildman–Crippen MR) is 116 cm³/mol. The molecule has 1 aliphatic heterocycles. The molecule has 1 heterocycles. The van der Waals surface area contributed by atoms with Crippen LogP contribution in [-0.2, 0) is 11.3 Å². The number of hydrogen-bond acceptors (Lipinski definition) is 7. The van der Waals surface area contributed by atoms with Gasteiger partial charge in [-0.15, -0.1) is 0 Å². The van der Waals surface area contributed by atoms with Gasteiger partial charge in [0, 0.05) is 43.8 Å². The molecule has 154 valence electrons. The van der Waals surface area contributed by atoms with Gasteiger partial charge in [0.25, 0.3) is 0 Å². The molecule has 1 aromatic rings. The summed E-state index contributed by atoms with van der Waals surface area (Å²) in [6.45, 7) is 6.42. The van der Waals surface area contributed by atoms with Crippen molar-refractivity contribution in [2.75, 3.05) is 19.7 Å². The molecule has 0 unspecified atom stereocenters. The van der Waals surface area contributed by atoms with E-state index in [1.165, 1.54) is 24.8 Å². The molecule has 1 aliphatic rings. The topological polar surface area (TPSA) is 139 Å². The molecule has 2 rings (SSSR count). The van der Waals surface area contributed by atoms with Crippen molar-refractivity contribution in [2.45, 2.75) is 13.0 Å². The van der Waals surface area contributed by atoms with Crippen LogP contribution in [0.4, 0.5) is 0 Å². The second-order valence-electron chi connectivity index (χ2n) is 6.40. The van der Waals surface area contributed by atoms with Crippen LogP contribution in [0.15, 0.2) is 63.5 Å². The molecular weight excluding hydrogens is 370 g/mol. The van der Waals surface area contributed by atoms with Crippen molar-refractivity contribution < 1.29 is 9.53 Å². The van der Waals surface area contributed by atoms with Crippen LogP contribution in [0, 0.1) is 5.92 Å². The summed E-state index contributed by atoms with van der Waals surface area (Å²) in [5, 5.41) is 5.85. The molecule has 1 aromatic carbocycles. The summed E-state index contributed by atoms with van der Waals surface area (Å²) in [6.07, 6.45) is 5.41. The fourth-order valence-corrected chi connectivity index (χ4v) is 2.37. The van der Waals surface area contributed by atoms with Gasteiger partial charge in [-0.1, -0.05) is 12.1 Å². The monoisotopic (exact) mass is 397 g/mol. The number of ether oxygens (including phenoxy) is 1. The van der Waals surface area contributed by atoms with Gasteiger partial charge in [0.05, 0.1) is 25.3 Å². The van der Waals surface area contributed by atoms with E-state index in [1.807, 2.05) is 24.3 Å². The zero-order valence-electron chi connectivity index (χ0n) is 16.3. The summed E-state index contributed by atoms with van der Waals surface area (Å²) in [5.74, 6) is 1.19. The maximum Gasteiger partial charge on any atom is 0.232 e. The number of carbonyl (C=O) groups is 1. The Balaban J connectivity index is 1.81. The maximum atomic E-state index is 12.0. The average Bonchev–Trinajstić information content (AvgIpc) is 2.66. The molecule has 1 saturated heterocycles. The van der Waals surface area contributed by atoms with Gasteiger partial charge in [-0.3, -0.25) is 14.8 Å². The Morgan fingerprint density at radius 2 is 2.21 bits per heavy atom. The van der Waals surface area contributed by atoms with Crippen molar-refractivity contribution in [1.82, 2.24) is 10.6 Å². The molecule has 9 heteroatoms. The summed E-state index contributed by atoms with van der Waals surface area (Å²) in [6, 6.07) is 7.77. The van der Waals surface area contributed by atoms with Gasteiger partial charge in [0.1, 0.15) is 11.6 Å². The molecule has 0 aliphatic carbocycles. The van der Waals surface area contributed by atoms with E-state index in [1.54, 1.807) is 0 Å². The van der Waals surface area contributed by atoms with E-state index < -0.39 is 0 Å². The first-order valence-corrected chi connectivity index (χ1v) is 9.17. The normalized spacial score (nSPS) is 15.4. The molecule has 0 spiro atoms. The number of nitrogens with two attached hydrogens (primary N) is 2. The zero-order valence-corrected chi connectivity index (χ0v) is 16.3. The van der Waals surface area contributed by atoms with Crippen LogP contribution in [0.5, 0.6) is 5.75 Å². The minimum Gasteiger partial charge on any atom is -0.493 e. The SMILES string of the molecule is C=N/C=C\N=C(N)CC(=O)NC(C=NCc1cccc(OCC2CNC2)c1)=CN. The second-order valence-corrected chi connectivity index (χ2v) is 6.40. The Labute approximate surface area is 170 Å². The molecule has 0 saturated carbocycles. The van der Waals surface area contributed by atoms with E-state index in [4.69, 9.17) is 16.2 Å². The fraction of sp³-hybridized carbons (Fsp3) is 0.300. The first-order chi connectivity index (χ1) is 14.1. The van der Waals surface area contributed by atoms with Gasteiger partial charge in [0.2, 0.25) is 5.91 Å². The van der Waals surface area contributed by atoms with E-state index in [2.05, 4.69) is 32.3 Å². The number of allylic oxidation sites excluding steroid dienone is 1. The third-order valence-corrected chi connectivity index (χ3v) is 3.97. The number of benzene rings is 1. The molecule has 0 radical (unpaired) electrons. The first-order valence-electron chi connectivity index (χ1n) is 9.17. The smallest absolute Gasteiger partial charge is 0.232 e. The average molecular weight is 397 g/mol. The van der Waals surface area contributed by atoms with E-state index in [0.29, 0.717) is 24.8 Å².